The van der Waals surface area contributed by atoms with E-state index in [0.717, 1.165) is 25.1 Å². The summed E-state index contributed by atoms with van der Waals surface area (Å²) in [6, 6.07) is 0.394. The van der Waals surface area contributed by atoms with E-state index in [1.165, 1.54) is 4.68 Å². The molecule has 6 heteroatoms. The lowest BCUT2D eigenvalue weighted by molar-refractivity contribution is 0.372. The molecule has 5 nitrogen and oxygen atoms in total. The van der Waals surface area contributed by atoms with Gasteiger partial charge in [-0.25, -0.2) is 4.68 Å². The number of aromatic nitrogens is 2. The number of hydrogen-bond donors (Lipinski definition) is 1. The van der Waals surface area contributed by atoms with Gasteiger partial charge in [0.1, 0.15) is 4.47 Å². The first-order valence-electron chi connectivity index (χ1n) is 6.91. The number of anilines is 1. The van der Waals surface area contributed by atoms with Gasteiger partial charge >= 0.3 is 0 Å². The average Bonchev–Trinajstić information content (AvgIpc) is 2.45. The van der Waals surface area contributed by atoms with Crippen molar-refractivity contribution in [2.45, 2.75) is 32.4 Å². The number of allylic oxidation sites excluding steroid dienone is 1. The highest BCUT2D eigenvalue weighted by atomic mass is 79.9. The maximum absolute atomic E-state index is 12.2. The van der Waals surface area contributed by atoms with Gasteiger partial charge in [-0.15, -0.1) is 6.58 Å². The maximum Gasteiger partial charge on any atom is 0.283 e. The third kappa shape index (κ3) is 2.96. The molecule has 2 heterocycles. The van der Waals surface area contributed by atoms with Crippen LogP contribution in [0, 0.1) is 5.92 Å². The van der Waals surface area contributed by atoms with Gasteiger partial charge < -0.3 is 10.6 Å². The third-order valence-electron chi connectivity index (χ3n) is 3.89. The van der Waals surface area contributed by atoms with Crippen LogP contribution in [0.25, 0.3) is 0 Å². The smallest absolute Gasteiger partial charge is 0.283 e. The lowest BCUT2D eigenvalue weighted by atomic mass is 9.93. The van der Waals surface area contributed by atoms with Gasteiger partial charge in [0.25, 0.3) is 5.56 Å². The second kappa shape index (κ2) is 6.54. The van der Waals surface area contributed by atoms with Gasteiger partial charge in [-0.05, 0) is 48.2 Å². The molecule has 1 aromatic heterocycles. The molecule has 0 amide bonds. The molecule has 0 aromatic carbocycles. The highest BCUT2D eigenvalue weighted by molar-refractivity contribution is 9.10. The molecule has 2 rings (SSSR count). The lowest BCUT2D eigenvalue weighted by Gasteiger charge is -2.39. The van der Waals surface area contributed by atoms with Crippen LogP contribution in [0.4, 0.5) is 5.69 Å². The predicted molar refractivity (Wildman–Crippen MR) is 85.0 cm³/mol. The van der Waals surface area contributed by atoms with E-state index in [9.17, 15) is 4.79 Å². The van der Waals surface area contributed by atoms with Crippen molar-refractivity contribution in [3.63, 3.8) is 0 Å². The SMILES string of the molecule is C=CCn1ncc(N2CC(CN)CCC2C)c(Br)c1=O. The predicted octanol–water partition coefficient (Wildman–Crippen LogP) is 1.76. The van der Waals surface area contributed by atoms with Crippen LogP contribution in [-0.4, -0.2) is 28.9 Å². The van der Waals surface area contributed by atoms with E-state index in [4.69, 9.17) is 5.73 Å². The highest BCUT2D eigenvalue weighted by Gasteiger charge is 2.27. The summed E-state index contributed by atoms with van der Waals surface area (Å²) in [6.07, 6.45) is 5.65. The molecule has 0 spiro atoms. The Morgan fingerprint density at radius 3 is 3.00 bits per heavy atom. The quantitative estimate of drug-likeness (QED) is 0.848. The molecule has 20 heavy (non-hydrogen) atoms. The van der Waals surface area contributed by atoms with Gasteiger partial charge in [-0.3, -0.25) is 4.79 Å². The minimum atomic E-state index is -0.121. The van der Waals surface area contributed by atoms with Crippen molar-refractivity contribution in [2.75, 3.05) is 18.0 Å². The maximum atomic E-state index is 12.2. The molecule has 0 radical (unpaired) electrons. The number of rotatable bonds is 4. The molecule has 0 aliphatic carbocycles. The van der Waals surface area contributed by atoms with Crippen molar-refractivity contribution >= 4 is 21.6 Å². The van der Waals surface area contributed by atoms with E-state index < -0.39 is 0 Å². The summed E-state index contributed by atoms with van der Waals surface area (Å²) in [5, 5.41) is 4.22. The number of piperidine rings is 1. The molecular formula is C14H21BrN4O. The van der Waals surface area contributed by atoms with Crippen LogP contribution in [0.1, 0.15) is 19.8 Å². The van der Waals surface area contributed by atoms with E-state index in [0.29, 0.717) is 29.5 Å². The second-order valence-corrected chi connectivity index (χ2v) is 6.09. The van der Waals surface area contributed by atoms with Gasteiger partial charge in [-0.1, -0.05) is 6.08 Å². The standard InChI is InChI=1S/C14H21BrN4O/c1-3-6-19-14(20)13(15)12(8-17-19)18-9-11(7-16)5-4-10(18)2/h3,8,10-11H,1,4-7,9,16H2,2H3. The van der Waals surface area contributed by atoms with Gasteiger partial charge in [0.2, 0.25) is 0 Å². The first kappa shape index (κ1) is 15.3. The normalized spacial score (nSPS) is 22.9. The van der Waals surface area contributed by atoms with Crippen LogP contribution in [0.2, 0.25) is 0 Å². The first-order chi connectivity index (χ1) is 9.58. The van der Waals surface area contributed by atoms with Gasteiger partial charge in [-0.2, -0.15) is 5.10 Å². The van der Waals surface area contributed by atoms with Crippen LogP contribution in [0.5, 0.6) is 0 Å². The summed E-state index contributed by atoms with van der Waals surface area (Å²) in [5.74, 6) is 0.480. The van der Waals surface area contributed by atoms with Crippen LogP contribution in [0.15, 0.2) is 28.1 Å². The molecule has 1 saturated heterocycles. The number of nitrogens with zero attached hydrogens (tertiary/aromatic N) is 3. The number of halogens is 1. The van der Waals surface area contributed by atoms with Crippen molar-refractivity contribution in [1.82, 2.24) is 9.78 Å². The molecule has 2 atom stereocenters. The van der Waals surface area contributed by atoms with E-state index >= 15 is 0 Å². The Kier molecular flexibility index (Phi) is 4.99. The Morgan fingerprint density at radius 2 is 2.35 bits per heavy atom. The lowest BCUT2D eigenvalue weighted by Crippen LogP contribution is -2.45. The third-order valence-corrected chi connectivity index (χ3v) is 4.64. The minimum Gasteiger partial charge on any atom is -0.366 e. The topological polar surface area (TPSA) is 64.2 Å². The number of hydrogen-bond acceptors (Lipinski definition) is 4. The Hall–Kier alpha value is -1.14. The zero-order valence-electron chi connectivity index (χ0n) is 11.8. The molecule has 2 N–H and O–H groups in total. The summed E-state index contributed by atoms with van der Waals surface area (Å²) in [7, 11) is 0. The van der Waals surface area contributed by atoms with Crippen molar-refractivity contribution in [1.29, 1.82) is 0 Å². The fraction of sp³-hybridized carbons (Fsp3) is 0.571. The van der Waals surface area contributed by atoms with Gasteiger partial charge in [0.05, 0.1) is 18.4 Å². The van der Waals surface area contributed by atoms with Crippen molar-refractivity contribution in [2.24, 2.45) is 11.7 Å². The Bertz CT molecular complexity index is 542. The zero-order chi connectivity index (χ0) is 14.7. The summed E-state index contributed by atoms with van der Waals surface area (Å²) >= 11 is 3.43. The van der Waals surface area contributed by atoms with Crippen molar-refractivity contribution in [3.05, 3.63) is 33.7 Å². The fourth-order valence-electron chi connectivity index (χ4n) is 2.62. The van der Waals surface area contributed by atoms with E-state index in [2.05, 4.69) is 39.4 Å². The van der Waals surface area contributed by atoms with Crippen molar-refractivity contribution < 1.29 is 0 Å². The van der Waals surface area contributed by atoms with E-state index in [-0.39, 0.29) is 5.56 Å². The molecule has 1 aliphatic heterocycles. The zero-order valence-corrected chi connectivity index (χ0v) is 13.3. The molecule has 2 unspecified atom stereocenters. The summed E-state index contributed by atoms with van der Waals surface area (Å²) in [4.78, 5) is 14.5. The molecule has 1 aliphatic rings. The first-order valence-corrected chi connectivity index (χ1v) is 7.71. The number of nitrogens with two attached hydrogens (primary N) is 1. The molecular weight excluding hydrogens is 320 g/mol. The van der Waals surface area contributed by atoms with Crippen LogP contribution in [-0.2, 0) is 6.54 Å². The monoisotopic (exact) mass is 340 g/mol. The van der Waals surface area contributed by atoms with Crippen LogP contribution < -0.4 is 16.2 Å². The molecule has 0 saturated carbocycles. The highest BCUT2D eigenvalue weighted by Crippen LogP contribution is 2.30. The van der Waals surface area contributed by atoms with Crippen molar-refractivity contribution in [3.8, 4) is 0 Å². The van der Waals surface area contributed by atoms with Crippen LogP contribution >= 0.6 is 15.9 Å². The molecule has 0 bridgehead atoms. The fourth-order valence-corrected chi connectivity index (χ4v) is 3.15. The second-order valence-electron chi connectivity index (χ2n) is 5.30. The average molecular weight is 341 g/mol. The summed E-state index contributed by atoms with van der Waals surface area (Å²) in [5.41, 5.74) is 6.53. The molecule has 1 aromatic rings. The molecule has 1 fully saturated rings. The summed E-state index contributed by atoms with van der Waals surface area (Å²) in [6.45, 7) is 7.78. The minimum absolute atomic E-state index is 0.121. The van der Waals surface area contributed by atoms with E-state index in [1.54, 1.807) is 12.3 Å². The Balaban J connectivity index is 2.34. The Morgan fingerprint density at radius 1 is 1.60 bits per heavy atom. The van der Waals surface area contributed by atoms with Gasteiger partial charge in [0.15, 0.2) is 0 Å². The van der Waals surface area contributed by atoms with Gasteiger partial charge in [0, 0.05) is 12.6 Å². The van der Waals surface area contributed by atoms with Crippen LogP contribution in [0.3, 0.4) is 0 Å². The molecule has 110 valence electrons. The van der Waals surface area contributed by atoms with E-state index in [1.807, 2.05) is 0 Å². The summed E-state index contributed by atoms with van der Waals surface area (Å²) < 4.78 is 1.97. The Labute approximate surface area is 127 Å². The largest absolute Gasteiger partial charge is 0.366 e.